The van der Waals surface area contributed by atoms with Crippen LogP contribution in [-0.2, 0) is 4.79 Å². The maximum absolute atomic E-state index is 12.5. The molecule has 2 aliphatic rings. The molecule has 176 valence electrons. The van der Waals surface area contributed by atoms with Gasteiger partial charge in [0.05, 0.1) is 12.1 Å². The van der Waals surface area contributed by atoms with Crippen LogP contribution in [0.15, 0.2) is 40.6 Å². The third kappa shape index (κ3) is 7.06. The molecule has 1 N–H and O–H groups in total. The third-order valence-corrected chi connectivity index (χ3v) is 5.84. The number of halogens is 3. The molecule has 1 aromatic carbocycles. The summed E-state index contributed by atoms with van der Waals surface area (Å²) >= 11 is 0. The van der Waals surface area contributed by atoms with Gasteiger partial charge < -0.3 is 14.7 Å². The van der Waals surface area contributed by atoms with Gasteiger partial charge >= 0.3 is 6.36 Å². The molecular formula is C23H30F3N3O3. The lowest BCUT2D eigenvalue weighted by molar-refractivity contribution is -0.274. The maximum Gasteiger partial charge on any atom is 0.573 e. The highest BCUT2D eigenvalue weighted by Crippen LogP contribution is 2.34. The van der Waals surface area contributed by atoms with Gasteiger partial charge in [0.25, 0.3) is 0 Å². The highest BCUT2D eigenvalue weighted by molar-refractivity contribution is 6.14. The Balaban J connectivity index is 1.50. The van der Waals surface area contributed by atoms with Gasteiger partial charge in [-0.25, -0.2) is 0 Å². The zero-order valence-corrected chi connectivity index (χ0v) is 18.3. The van der Waals surface area contributed by atoms with Crippen LogP contribution in [0.2, 0.25) is 0 Å². The van der Waals surface area contributed by atoms with E-state index in [1.807, 2.05) is 0 Å². The summed E-state index contributed by atoms with van der Waals surface area (Å²) in [6.45, 7) is 8.83. The van der Waals surface area contributed by atoms with Gasteiger partial charge in [-0.05, 0) is 36.6 Å². The number of rotatable bonds is 8. The number of nitrogens with zero attached hydrogens (tertiary/aromatic N) is 3. The summed E-state index contributed by atoms with van der Waals surface area (Å²) in [4.78, 5) is 21.7. The van der Waals surface area contributed by atoms with Crippen LogP contribution < -0.4 is 4.74 Å². The molecule has 0 radical (unpaired) electrons. The topological polar surface area (TPSA) is 65.4 Å². The Kier molecular flexibility index (Phi) is 8.31. The number of carbonyl (C=O) groups excluding carboxylic acids is 1. The molecule has 1 fully saturated rings. The summed E-state index contributed by atoms with van der Waals surface area (Å²) in [7, 11) is 0. The molecule has 0 saturated carbocycles. The number of aliphatic imine (C=N–C) groups is 1. The van der Waals surface area contributed by atoms with E-state index in [0.29, 0.717) is 12.1 Å². The molecule has 3 rings (SSSR count). The van der Waals surface area contributed by atoms with Crippen molar-refractivity contribution in [2.24, 2.45) is 4.99 Å². The highest BCUT2D eigenvalue weighted by atomic mass is 19.4. The van der Waals surface area contributed by atoms with E-state index in [4.69, 9.17) is 0 Å². The van der Waals surface area contributed by atoms with E-state index in [2.05, 4.69) is 26.5 Å². The maximum atomic E-state index is 12.5. The second kappa shape index (κ2) is 11.0. The minimum atomic E-state index is -4.75. The zero-order chi connectivity index (χ0) is 23.1. The second-order valence-corrected chi connectivity index (χ2v) is 8.22. The van der Waals surface area contributed by atoms with Crippen LogP contribution in [0, 0.1) is 0 Å². The zero-order valence-electron chi connectivity index (χ0n) is 18.3. The van der Waals surface area contributed by atoms with Crippen molar-refractivity contribution in [1.82, 2.24) is 9.80 Å². The molecule has 0 aromatic heterocycles. The number of ketones is 1. The Morgan fingerprint density at radius 2 is 1.72 bits per heavy atom. The standard InChI is InChI=1S/C23H30F3N3O3/c1-2-8-28-10-12-29(13-11-28)9-7-27-16-20-21(30)14-18(15-22(20)31)17-3-5-19(6-4-17)32-23(24,25)26/h3-6,16,18,30H,2,7-15H2,1H3. The predicted octanol–water partition coefficient (Wildman–Crippen LogP) is 3.94. The average molecular weight is 454 g/mol. The molecule has 9 heteroatoms. The van der Waals surface area contributed by atoms with E-state index < -0.39 is 6.36 Å². The number of aliphatic hydroxyl groups excluding tert-OH is 1. The molecule has 1 atom stereocenters. The van der Waals surface area contributed by atoms with Crippen molar-refractivity contribution in [1.29, 1.82) is 0 Å². The molecule has 1 aliphatic carbocycles. The Labute approximate surface area is 186 Å². The molecule has 0 bridgehead atoms. The number of allylic oxidation sites excluding steroid dienone is 2. The Bertz CT molecular complexity index is 829. The largest absolute Gasteiger partial charge is 0.573 e. The van der Waals surface area contributed by atoms with Crippen LogP contribution in [0.25, 0.3) is 0 Å². The van der Waals surface area contributed by atoms with Gasteiger partial charge in [-0.2, -0.15) is 0 Å². The summed E-state index contributed by atoms with van der Waals surface area (Å²) in [5.74, 6) is -0.855. The molecule has 32 heavy (non-hydrogen) atoms. The Morgan fingerprint density at radius 3 is 2.28 bits per heavy atom. The fraction of sp³-hybridized carbons (Fsp3) is 0.565. The number of hydrogen-bond donors (Lipinski definition) is 1. The first-order chi connectivity index (χ1) is 15.2. The van der Waals surface area contributed by atoms with Crippen LogP contribution in [0.4, 0.5) is 13.2 Å². The van der Waals surface area contributed by atoms with Gasteiger partial charge in [0, 0.05) is 51.8 Å². The van der Waals surface area contributed by atoms with Crippen molar-refractivity contribution in [2.75, 3.05) is 45.8 Å². The van der Waals surface area contributed by atoms with Crippen molar-refractivity contribution >= 4 is 12.0 Å². The van der Waals surface area contributed by atoms with Crippen LogP contribution >= 0.6 is 0 Å². The summed E-state index contributed by atoms with van der Waals surface area (Å²) in [6.07, 6.45) is -1.71. The summed E-state index contributed by atoms with van der Waals surface area (Å²) in [6, 6.07) is 5.41. The summed E-state index contributed by atoms with van der Waals surface area (Å²) in [5, 5.41) is 10.4. The fourth-order valence-electron chi connectivity index (χ4n) is 4.14. The van der Waals surface area contributed by atoms with Gasteiger partial charge in [-0.1, -0.05) is 19.1 Å². The first kappa shape index (κ1) is 24.3. The van der Waals surface area contributed by atoms with Crippen molar-refractivity contribution in [3.8, 4) is 5.75 Å². The second-order valence-electron chi connectivity index (χ2n) is 8.22. The van der Waals surface area contributed by atoms with Crippen molar-refractivity contribution in [3.05, 3.63) is 41.2 Å². The lowest BCUT2D eigenvalue weighted by Gasteiger charge is -2.34. The molecule has 0 spiro atoms. The number of carbonyl (C=O) groups is 1. The monoisotopic (exact) mass is 453 g/mol. The number of benzene rings is 1. The van der Waals surface area contributed by atoms with Crippen LogP contribution in [0.3, 0.4) is 0 Å². The van der Waals surface area contributed by atoms with Crippen LogP contribution in [0.5, 0.6) is 5.75 Å². The van der Waals surface area contributed by atoms with Crippen LogP contribution in [-0.4, -0.2) is 79.1 Å². The number of aliphatic hydroxyl groups is 1. The molecular weight excluding hydrogens is 423 g/mol. The lowest BCUT2D eigenvalue weighted by atomic mass is 9.83. The smallest absolute Gasteiger partial charge is 0.511 e. The SMILES string of the molecule is CCCN1CCN(CCN=CC2=C(O)CC(c3ccc(OC(F)(F)F)cc3)CC2=O)CC1. The Morgan fingerprint density at radius 1 is 1.09 bits per heavy atom. The van der Waals surface area contributed by atoms with Gasteiger partial charge in [0.15, 0.2) is 5.78 Å². The van der Waals surface area contributed by atoms with Gasteiger partial charge in [-0.3, -0.25) is 14.7 Å². The normalized spacial score (nSPS) is 21.5. The third-order valence-electron chi connectivity index (χ3n) is 5.84. The van der Waals surface area contributed by atoms with Gasteiger partial charge in [-0.15, -0.1) is 13.2 Å². The lowest BCUT2D eigenvalue weighted by Crippen LogP contribution is -2.47. The highest BCUT2D eigenvalue weighted by Gasteiger charge is 2.31. The molecule has 6 nitrogen and oxygen atoms in total. The first-order valence-electron chi connectivity index (χ1n) is 11.0. The fourth-order valence-corrected chi connectivity index (χ4v) is 4.14. The molecule has 1 unspecified atom stereocenters. The van der Waals surface area contributed by atoms with Crippen LogP contribution in [0.1, 0.15) is 37.7 Å². The minimum absolute atomic E-state index is 0.0289. The number of hydrogen-bond acceptors (Lipinski definition) is 6. The Hall–Kier alpha value is -2.39. The van der Waals surface area contributed by atoms with Gasteiger partial charge in [0.1, 0.15) is 11.5 Å². The summed E-state index contributed by atoms with van der Waals surface area (Å²) in [5.41, 5.74) is 0.906. The molecule has 1 aliphatic heterocycles. The van der Waals surface area contributed by atoms with E-state index in [9.17, 15) is 23.1 Å². The number of Topliss-reactive ketones (excluding diaryl/α,β-unsaturated/α-hetero) is 1. The minimum Gasteiger partial charge on any atom is -0.511 e. The first-order valence-corrected chi connectivity index (χ1v) is 11.0. The molecule has 1 heterocycles. The molecule has 1 saturated heterocycles. The van der Waals surface area contributed by atoms with E-state index in [-0.39, 0.29) is 41.6 Å². The number of ether oxygens (including phenoxy) is 1. The van der Waals surface area contributed by atoms with E-state index in [0.717, 1.165) is 45.7 Å². The van der Waals surface area contributed by atoms with Crippen molar-refractivity contribution in [2.45, 2.75) is 38.5 Å². The predicted molar refractivity (Wildman–Crippen MR) is 116 cm³/mol. The average Bonchev–Trinajstić information content (AvgIpc) is 2.73. The van der Waals surface area contributed by atoms with E-state index >= 15 is 0 Å². The number of piperazine rings is 1. The molecule has 0 amide bonds. The van der Waals surface area contributed by atoms with Crippen molar-refractivity contribution in [3.63, 3.8) is 0 Å². The van der Waals surface area contributed by atoms with E-state index in [1.165, 1.54) is 30.5 Å². The summed E-state index contributed by atoms with van der Waals surface area (Å²) < 4.78 is 40.8. The number of alkyl halides is 3. The quantitative estimate of drug-likeness (QED) is 0.604. The van der Waals surface area contributed by atoms with Gasteiger partial charge in [0.2, 0.25) is 0 Å². The van der Waals surface area contributed by atoms with E-state index in [1.54, 1.807) is 0 Å². The molecule has 1 aromatic rings. The van der Waals surface area contributed by atoms with Crippen molar-refractivity contribution < 1.29 is 27.8 Å².